The Bertz CT molecular complexity index is 364. The topological polar surface area (TPSA) is 20.2 Å². The minimum absolute atomic E-state index is 0.554. The Hall–Kier alpha value is -0.820. The third kappa shape index (κ3) is 2.71. The smallest absolute Gasteiger partial charge is 0.0896 e. The Morgan fingerprint density at radius 2 is 1.94 bits per heavy atom. The van der Waals surface area contributed by atoms with Crippen molar-refractivity contribution < 1.29 is 5.11 Å². The lowest BCUT2D eigenvalue weighted by Gasteiger charge is -2.33. The van der Waals surface area contributed by atoms with E-state index < -0.39 is 5.60 Å². The molecule has 1 heteroatoms. The molecule has 2 rings (SSSR count). The van der Waals surface area contributed by atoms with Crippen LogP contribution in [0.4, 0.5) is 0 Å². The largest absolute Gasteiger partial charge is 0.385 e. The molecule has 1 nitrogen and oxygen atoms in total. The number of benzene rings is 1. The van der Waals surface area contributed by atoms with Crippen LogP contribution in [0.15, 0.2) is 24.3 Å². The molecule has 0 bridgehead atoms. The van der Waals surface area contributed by atoms with Gasteiger partial charge in [-0.2, -0.15) is 0 Å². The van der Waals surface area contributed by atoms with Crippen molar-refractivity contribution in [1.29, 1.82) is 0 Å². The van der Waals surface area contributed by atoms with Crippen molar-refractivity contribution in [1.82, 2.24) is 0 Å². The van der Waals surface area contributed by atoms with Gasteiger partial charge in [-0.15, -0.1) is 0 Å². The molecule has 0 aromatic heterocycles. The Labute approximate surface area is 105 Å². The molecule has 1 N–H and O–H groups in total. The maximum atomic E-state index is 10.7. The SMILES string of the molecule is CCC(C)c1cccc(C2(O)CCCCC2)c1. The van der Waals surface area contributed by atoms with Gasteiger partial charge in [0, 0.05) is 0 Å². The molecule has 0 spiro atoms. The van der Waals surface area contributed by atoms with E-state index in [1.54, 1.807) is 0 Å². The van der Waals surface area contributed by atoms with E-state index in [0.29, 0.717) is 5.92 Å². The average molecular weight is 232 g/mol. The van der Waals surface area contributed by atoms with E-state index in [0.717, 1.165) is 37.7 Å². The van der Waals surface area contributed by atoms with Gasteiger partial charge in [-0.25, -0.2) is 0 Å². The van der Waals surface area contributed by atoms with Crippen molar-refractivity contribution in [2.24, 2.45) is 0 Å². The molecule has 1 saturated carbocycles. The van der Waals surface area contributed by atoms with Crippen molar-refractivity contribution in [3.63, 3.8) is 0 Å². The van der Waals surface area contributed by atoms with E-state index in [1.165, 1.54) is 12.0 Å². The van der Waals surface area contributed by atoms with Crippen LogP contribution < -0.4 is 0 Å². The van der Waals surface area contributed by atoms with Gasteiger partial charge in [0.25, 0.3) is 0 Å². The van der Waals surface area contributed by atoms with Crippen LogP contribution in [0.25, 0.3) is 0 Å². The van der Waals surface area contributed by atoms with Crippen molar-refractivity contribution in [2.45, 2.75) is 63.9 Å². The minimum atomic E-state index is -0.554. The first-order valence-electron chi connectivity index (χ1n) is 6.98. The second kappa shape index (κ2) is 5.22. The van der Waals surface area contributed by atoms with Crippen LogP contribution >= 0.6 is 0 Å². The Morgan fingerprint density at radius 3 is 2.59 bits per heavy atom. The first kappa shape index (κ1) is 12.6. The summed E-state index contributed by atoms with van der Waals surface area (Å²) in [6, 6.07) is 8.60. The maximum Gasteiger partial charge on any atom is 0.0896 e. The number of hydrogen-bond donors (Lipinski definition) is 1. The average Bonchev–Trinajstić information content (AvgIpc) is 2.39. The zero-order valence-electron chi connectivity index (χ0n) is 11.1. The van der Waals surface area contributed by atoms with Crippen molar-refractivity contribution in [3.8, 4) is 0 Å². The first-order chi connectivity index (χ1) is 8.15. The molecule has 0 radical (unpaired) electrons. The molecule has 1 atom stereocenters. The quantitative estimate of drug-likeness (QED) is 0.821. The van der Waals surface area contributed by atoms with Crippen LogP contribution in [-0.4, -0.2) is 5.11 Å². The summed E-state index contributed by atoms with van der Waals surface area (Å²) in [7, 11) is 0. The summed E-state index contributed by atoms with van der Waals surface area (Å²) in [6.45, 7) is 4.47. The lowest BCUT2D eigenvalue weighted by atomic mass is 9.78. The van der Waals surface area contributed by atoms with Gasteiger partial charge in [-0.3, -0.25) is 0 Å². The van der Waals surface area contributed by atoms with E-state index in [2.05, 4.69) is 38.1 Å². The molecular formula is C16H24O. The number of aliphatic hydroxyl groups is 1. The van der Waals surface area contributed by atoms with Crippen LogP contribution in [0.2, 0.25) is 0 Å². The minimum Gasteiger partial charge on any atom is -0.385 e. The summed E-state index contributed by atoms with van der Waals surface area (Å²) in [4.78, 5) is 0. The summed E-state index contributed by atoms with van der Waals surface area (Å²) in [6.07, 6.45) is 6.59. The molecule has 1 aromatic carbocycles. The third-order valence-electron chi connectivity index (χ3n) is 4.29. The summed E-state index contributed by atoms with van der Waals surface area (Å²) in [5, 5.41) is 10.7. The lowest BCUT2D eigenvalue weighted by Crippen LogP contribution is -2.28. The zero-order valence-corrected chi connectivity index (χ0v) is 11.1. The highest BCUT2D eigenvalue weighted by Gasteiger charge is 2.31. The third-order valence-corrected chi connectivity index (χ3v) is 4.29. The van der Waals surface area contributed by atoms with Crippen molar-refractivity contribution >= 4 is 0 Å². The summed E-state index contributed by atoms with van der Waals surface area (Å²) in [5.41, 5.74) is 1.95. The molecule has 0 heterocycles. The van der Waals surface area contributed by atoms with Crippen LogP contribution in [0.1, 0.15) is 69.4 Å². The molecule has 1 aliphatic rings. The van der Waals surface area contributed by atoms with E-state index in [-0.39, 0.29) is 0 Å². The summed E-state index contributed by atoms with van der Waals surface area (Å²) in [5.74, 6) is 0.585. The summed E-state index contributed by atoms with van der Waals surface area (Å²) < 4.78 is 0. The standard InChI is InChI=1S/C16H24O/c1-3-13(2)14-8-7-9-15(12-14)16(17)10-5-4-6-11-16/h7-9,12-13,17H,3-6,10-11H2,1-2H3. The van der Waals surface area contributed by atoms with Gasteiger partial charge in [-0.05, 0) is 36.3 Å². The second-order valence-corrected chi connectivity index (χ2v) is 5.53. The number of rotatable bonds is 3. The molecule has 1 aliphatic carbocycles. The first-order valence-corrected chi connectivity index (χ1v) is 6.98. The Morgan fingerprint density at radius 1 is 1.24 bits per heavy atom. The zero-order chi connectivity index (χ0) is 12.3. The van der Waals surface area contributed by atoms with Crippen LogP contribution in [0.3, 0.4) is 0 Å². The van der Waals surface area contributed by atoms with E-state index in [4.69, 9.17) is 0 Å². The van der Waals surface area contributed by atoms with Gasteiger partial charge in [-0.1, -0.05) is 57.4 Å². The van der Waals surface area contributed by atoms with Gasteiger partial charge < -0.3 is 5.11 Å². The molecule has 1 unspecified atom stereocenters. The normalized spacial score (nSPS) is 21.1. The summed E-state index contributed by atoms with van der Waals surface area (Å²) >= 11 is 0. The highest BCUT2D eigenvalue weighted by atomic mass is 16.3. The fraction of sp³-hybridized carbons (Fsp3) is 0.625. The van der Waals surface area contributed by atoms with Crippen molar-refractivity contribution in [2.75, 3.05) is 0 Å². The van der Waals surface area contributed by atoms with E-state index in [9.17, 15) is 5.11 Å². The van der Waals surface area contributed by atoms with Crippen LogP contribution in [-0.2, 0) is 5.60 Å². The van der Waals surface area contributed by atoms with Crippen LogP contribution in [0.5, 0.6) is 0 Å². The second-order valence-electron chi connectivity index (χ2n) is 5.53. The highest BCUT2D eigenvalue weighted by molar-refractivity contribution is 5.30. The van der Waals surface area contributed by atoms with Crippen molar-refractivity contribution in [3.05, 3.63) is 35.4 Å². The molecule has 1 fully saturated rings. The van der Waals surface area contributed by atoms with Crippen LogP contribution in [0, 0.1) is 0 Å². The van der Waals surface area contributed by atoms with Gasteiger partial charge in [0.2, 0.25) is 0 Å². The fourth-order valence-electron chi connectivity index (χ4n) is 2.80. The molecule has 17 heavy (non-hydrogen) atoms. The Kier molecular flexibility index (Phi) is 3.88. The molecule has 0 amide bonds. The maximum absolute atomic E-state index is 10.7. The van der Waals surface area contributed by atoms with E-state index >= 15 is 0 Å². The molecule has 1 aromatic rings. The Balaban J connectivity index is 2.25. The predicted octanol–water partition coefficient (Wildman–Crippen LogP) is 4.35. The van der Waals surface area contributed by atoms with Gasteiger partial charge >= 0.3 is 0 Å². The van der Waals surface area contributed by atoms with E-state index in [1.807, 2.05) is 0 Å². The monoisotopic (exact) mass is 232 g/mol. The molecule has 0 aliphatic heterocycles. The lowest BCUT2D eigenvalue weighted by molar-refractivity contribution is -0.000705. The number of hydrogen-bond acceptors (Lipinski definition) is 1. The van der Waals surface area contributed by atoms with Gasteiger partial charge in [0.05, 0.1) is 5.60 Å². The van der Waals surface area contributed by atoms with Gasteiger partial charge in [0.1, 0.15) is 0 Å². The highest BCUT2D eigenvalue weighted by Crippen LogP contribution is 2.37. The van der Waals surface area contributed by atoms with Gasteiger partial charge in [0.15, 0.2) is 0 Å². The molecule has 0 saturated heterocycles. The predicted molar refractivity (Wildman–Crippen MR) is 72.1 cm³/mol. The molecule has 94 valence electrons. The fourth-order valence-corrected chi connectivity index (χ4v) is 2.80. The molecular weight excluding hydrogens is 208 g/mol.